The molecule has 0 saturated carbocycles. The van der Waals surface area contributed by atoms with Crippen molar-refractivity contribution in [3.8, 4) is 0 Å². The van der Waals surface area contributed by atoms with Crippen molar-refractivity contribution in [2.75, 3.05) is 0 Å². The predicted molar refractivity (Wildman–Crippen MR) is 84.8 cm³/mol. The molecule has 22 heavy (non-hydrogen) atoms. The minimum atomic E-state index is -0.461. The molecule has 0 amide bonds. The molecule has 0 fully saturated rings. The number of hydrogen-bond donors (Lipinski definition) is 1. The fourth-order valence-electron chi connectivity index (χ4n) is 2.21. The summed E-state index contributed by atoms with van der Waals surface area (Å²) in [5, 5.41) is 11.7. The van der Waals surface area contributed by atoms with Crippen molar-refractivity contribution in [3.63, 3.8) is 0 Å². The van der Waals surface area contributed by atoms with E-state index in [4.69, 9.17) is 0 Å². The van der Waals surface area contributed by atoms with E-state index in [0.29, 0.717) is 11.3 Å². The number of rotatable bonds is 4. The third kappa shape index (κ3) is 2.78. The van der Waals surface area contributed by atoms with Gasteiger partial charge in [-0.15, -0.1) is 0 Å². The molecule has 108 valence electrons. The lowest BCUT2D eigenvalue weighted by Crippen LogP contribution is -1.93. The van der Waals surface area contributed by atoms with Crippen molar-refractivity contribution in [2.24, 2.45) is 0 Å². The highest BCUT2D eigenvalue weighted by Gasteiger charge is 2.07. The number of nitro benzene ring substituents is 1. The molecule has 2 aromatic carbocycles. The largest absolute Gasteiger partial charge is 0.352 e. The van der Waals surface area contributed by atoms with E-state index in [-0.39, 0.29) is 11.5 Å². The summed E-state index contributed by atoms with van der Waals surface area (Å²) in [7, 11) is 0. The van der Waals surface area contributed by atoms with Crippen LogP contribution in [0.15, 0.2) is 60.7 Å². The van der Waals surface area contributed by atoms with E-state index in [0.717, 1.165) is 10.9 Å². The molecule has 0 spiro atoms. The van der Waals surface area contributed by atoms with Gasteiger partial charge in [-0.2, -0.15) is 0 Å². The highest BCUT2D eigenvalue weighted by atomic mass is 16.6. The first kappa shape index (κ1) is 13.8. The van der Waals surface area contributed by atoms with Crippen molar-refractivity contribution in [2.45, 2.75) is 0 Å². The topological polar surface area (TPSA) is 76.0 Å². The third-order valence-electron chi connectivity index (χ3n) is 3.30. The van der Waals surface area contributed by atoms with Crippen LogP contribution >= 0.6 is 0 Å². The van der Waals surface area contributed by atoms with E-state index in [1.165, 1.54) is 18.2 Å². The zero-order valence-corrected chi connectivity index (χ0v) is 11.5. The number of benzene rings is 2. The Labute approximate surface area is 126 Å². The van der Waals surface area contributed by atoms with E-state index in [1.54, 1.807) is 24.3 Å². The van der Waals surface area contributed by atoms with Crippen LogP contribution in [0.1, 0.15) is 16.1 Å². The molecule has 0 atom stereocenters. The molecule has 0 aliphatic heterocycles. The van der Waals surface area contributed by atoms with E-state index in [9.17, 15) is 14.9 Å². The number of carbonyl (C=O) groups excluding carboxylic acids is 1. The van der Waals surface area contributed by atoms with Crippen molar-refractivity contribution in [1.29, 1.82) is 0 Å². The fraction of sp³-hybridized carbons (Fsp3) is 0. The number of non-ortho nitro benzene ring substituents is 1. The highest BCUT2D eigenvalue weighted by Crippen LogP contribution is 2.17. The highest BCUT2D eigenvalue weighted by molar-refractivity contribution is 6.08. The number of ketones is 1. The number of nitro groups is 1. The van der Waals surface area contributed by atoms with Crippen molar-refractivity contribution in [1.82, 2.24) is 4.98 Å². The van der Waals surface area contributed by atoms with Crippen LogP contribution in [0, 0.1) is 10.1 Å². The van der Waals surface area contributed by atoms with Crippen molar-refractivity contribution in [3.05, 3.63) is 82.0 Å². The van der Waals surface area contributed by atoms with Crippen LogP contribution in [0.25, 0.3) is 17.0 Å². The molecule has 0 unspecified atom stereocenters. The van der Waals surface area contributed by atoms with Crippen LogP contribution in [0.2, 0.25) is 0 Å². The summed E-state index contributed by atoms with van der Waals surface area (Å²) in [6.07, 6.45) is 2.98. The number of aromatic amines is 1. The molecule has 3 aromatic rings. The zero-order valence-electron chi connectivity index (χ0n) is 11.5. The SMILES string of the molecule is O=C(C=Cc1cccc([N+](=O)[O-])c1)c1cc2ccccc2[nH]1. The molecule has 0 aliphatic rings. The maximum absolute atomic E-state index is 12.2. The van der Waals surface area contributed by atoms with Gasteiger partial charge in [-0.05, 0) is 23.8 Å². The number of hydrogen-bond acceptors (Lipinski definition) is 3. The average molecular weight is 292 g/mol. The van der Waals surface area contributed by atoms with Gasteiger partial charge in [0, 0.05) is 23.0 Å². The molecule has 3 rings (SSSR count). The Kier molecular flexibility index (Phi) is 3.53. The smallest absolute Gasteiger partial charge is 0.270 e. The standard InChI is InChI=1S/C17H12N2O3/c20-17(16-11-13-5-1-2-7-15(13)18-16)9-8-12-4-3-6-14(10-12)19(21)22/h1-11,18H. The number of aromatic nitrogens is 1. The summed E-state index contributed by atoms with van der Waals surface area (Å²) in [5.74, 6) is -0.178. The first-order chi connectivity index (χ1) is 10.6. The third-order valence-corrected chi connectivity index (χ3v) is 3.30. The van der Waals surface area contributed by atoms with Crippen molar-refractivity contribution < 1.29 is 9.72 Å². The zero-order chi connectivity index (χ0) is 15.5. The second kappa shape index (κ2) is 5.65. The number of nitrogens with zero attached hydrogens (tertiary/aromatic N) is 1. The van der Waals surface area contributed by atoms with Gasteiger partial charge < -0.3 is 4.98 Å². The fourth-order valence-corrected chi connectivity index (χ4v) is 2.21. The summed E-state index contributed by atoms with van der Waals surface area (Å²) in [4.78, 5) is 25.5. The van der Waals surface area contributed by atoms with Crippen LogP contribution < -0.4 is 0 Å². The number of nitrogens with one attached hydrogen (secondary N) is 1. The van der Waals surface area contributed by atoms with Crippen LogP contribution in [-0.2, 0) is 0 Å². The van der Waals surface area contributed by atoms with Crippen LogP contribution in [0.5, 0.6) is 0 Å². The average Bonchev–Trinajstić information content (AvgIpc) is 2.97. The first-order valence-corrected chi connectivity index (χ1v) is 6.68. The number of para-hydroxylation sites is 1. The summed E-state index contributed by atoms with van der Waals surface area (Å²) >= 11 is 0. The van der Waals surface area contributed by atoms with Gasteiger partial charge in [0.05, 0.1) is 10.6 Å². The molecule has 0 bridgehead atoms. The molecule has 5 heteroatoms. The van der Waals surface area contributed by atoms with Gasteiger partial charge in [0.25, 0.3) is 5.69 Å². The monoisotopic (exact) mass is 292 g/mol. The first-order valence-electron chi connectivity index (χ1n) is 6.68. The second-order valence-electron chi connectivity index (χ2n) is 4.82. The van der Waals surface area contributed by atoms with Gasteiger partial charge >= 0.3 is 0 Å². The van der Waals surface area contributed by atoms with Gasteiger partial charge in [-0.25, -0.2) is 0 Å². The summed E-state index contributed by atoms with van der Waals surface area (Å²) in [5.41, 5.74) is 2.00. The van der Waals surface area contributed by atoms with Gasteiger partial charge in [-0.3, -0.25) is 14.9 Å². The summed E-state index contributed by atoms with van der Waals surface area (Å²) in [6, 6.07) is 15.5. The van der Waals surface area contributed by atoms with E-state index >= 15 is 0 Å². The predicted octanol–water partition coefficient (Wildman–Crippen LogP) is 3.97. The van der Waals surface area contributed by atoms with Crippen molar-refractivity contribution >= 4 is 28.4 Å². The number of H-pyrrole nitrogens is 1. The van der Waals surface area contributed by atoms with Gasteiger partial charge in [0.15, 0.2) is 0 Å². The van der Waals surface area contributed by atoms with Crippen LogP contribution in [0.3, 0.4) is 0 Å². The molecule has 0 saturated heterocycles. The quantitative estimate of drug-likeness (QED) is 0.342. The minimum Gasteiger partial charge on any atom is -0.352 e. The Balaban J connectivity index is 1.84. The van der Waals surface area contributed by atoms with Gasteiger partial charge in [0.2, 0.25) is 5.78 Å². The molecule has 1 N–H and O–H groups in total. The second-order valence-corrected chi connectivity index (χ2v) is 4.82. The van der Waals surface area contributed by atoms with Gasteiger partial charge in [-0.1, -0.05) is 36.4 Å². The Morgan fingerprint density at radius 2 is 1.91 bits per heavy atom. The Morgan fingerprint density at radius 1 is 1.09 bits per heavy atom. The lowest BCUT2D eigenvalue weighted by molar-refractivity contribution is -0.384. The molecule has 5 nitrogen and oxygen atoms in total. The maximum Gasteiger partial charge on any atom is 0.270 e. The molecule has 1 aromatic heterocycles. The van der Waals surface area contributed by atoms with Crippen LogP contribution in [-0.4, -0.2) is 15.7 Å². The minimum absolute atomic E-state index is 0.000195. The number of carbonyl (C=O) groups is 1. The summed E-state index contributed by atoms with van der Waals surface area (Å²) < 4.78 is 0. The Hall–Kier alpha value is -3.21. The molecule has 1 heterocycles. The Morgan fingerprint density at radius 3 is 2.68 bits per heavy atom. The lowest BCUT2D eigenvalue weighted by Gasteiger charge is -1.94. The van der Waals surface area contributed by atoms with E-state index in [2.05, 4.69) is 4.98 Å². The van der Waals surface area contributed by atoms with Crippen LogP contribution in [0.4, 0.5) is 5.69 Å². The number of allylic oxidation sites excluding steroid dienone is 1. The molecular formula is C17H12N2O3. The number of fused-ring (bicyclic) bond motifs is 1. The van der Waals surface area contributed by atoms with Gasteiger partial charge in [0.1, 0.15) is 0 Å². The normalized spacial score (nSPS) is 11.1. The van der Waals surface area contributed by atoms with E-state index in [1.807, 2.05) is 24.3 Å². The Bertz CT molecular complexity index is 861. The molecule has 0 aliphatic carbocycles. The lowest BCUT2D eigenvalue weighted by atomic mass is 10.1. The maximum atomic E-state index is 12.2. The summed E-state index contributed by atoms with van der Waals surface area (Å²) in [6.45, 7) is 0. The molecule has 0 radical (unpaired) electrons. The van der Waals surface area contributed by atoms with E-state index < -0.39 is 4.92 Å². The molecular weight excluding hydrogens is 280 g/mol.